The van der Waals surface area contributed by atoms with Gasteiger partial charge in [-0.2, -0.15) is 5.10 Å². The molecule has 4 aromatic rings. The van der Waals surface area contributed by atoms with Crippen molar-refractivity contribution in [1.82, 2.24) is 14.6 Å². The summed E-state index contributed by atoms with van der Waals surface area (Å²) in [6.45, 7) is 5.25. The van der Waals surface area contributed by atoms with E-state index in [9.17, 15) is 14.7 Å². The van der Waals surface area contributed by atoms with Gasteiger partial charge in [0.15, 0.2) is 18.0 Å². The van der Waals surface area contributed by atoms with Crippen LogP contribution in [0.4, 0.5) is 0 Å². The van der Waals surface area contributed by atoms with Crippen LogP contribution in [0.3, 0.4) is 0 Å². The van der Waals surface area contributed by atoms with Crippen LogP contribution in [0.1, 0.15) is 42.4 Å². The Bertz CT molecular complexity index is 1350. The quantitative estimate of drug-likeness (QED) is 0.290. The Kier molecular flexibility index (Phi) is 6.93. The van der Waals surface area contributed by atoms with Gasteiger partial charge in [0, 0.05) is 17.2 Å². The van der Waals surface area contributed by atoms with E-state index in [1.165, 1.54) is 0 Å². The van der Waals surface area contributed by atoms with Crippen LogP contribution in [-0.4, -0.2) is 44.7 Å². The SMILES string of the molecule is CCOC(=O)COc1cccc(-c2cc(CC(=O)c3ccc(C(C)(C)O)cc3)nc3ccnn23)c1. The maximum absolute atomic E-state index is 13.0. The van der Waals surface area contributed by atoms with Crippen LogP contribution in [0.25, 0.3) is 16.9 Å². The molecule has 180 valence electrons. The van der Waals surface area contributed by atoms with E-state index in [1.54, 1.807) is 73.9 Å². The van der Waals surface area contributed by atoms with E-state index in [1.807, 2.05) is 18.2 Å². The molecule has 2 aromatic carbocycles. The summed E-state index contributed by atoms with van der Waals surface area (Å²) in [5.41, 5.74) is 3.05. The first kappa shape index (κ1) is 24.1. The standard InChI is InChI=1S/C27H27N3O5/c1-4-34-26(32)17-35-22-7-5-6-19(14-22)23-15-21(29-25-12-13-28-30(23)25)16-24(31)18-8-10-20(11-9-18)27(2,3)33/h5-15,33H,4,16-17H2,1-3H3. The number of aromatic nitrogens is 3. The second-order valence-corrected chi connectivity index (χ2v) is 8.59. The lowest BCUT2D eigenvalue weighted by molar-refractivity contribution is -0.145. The molecule has 0 unspecified atom stereocenters. The van der Waals surface area contributed by atoms with Crippen molar-refractivity contribution >= 4 is 17.4 Å². The summed E-state index contributed by atoms with van der Waals surface area (Å²) in [6, 6.07) is 17.8. The average molecular weight is 474 g/mol. The number of hydrogen-bond donors (Lipinski definition) is 1. The van der Waals surface area contributed by atoms with Gasteiger partial charge < -0.3 is 14.6 Å². The Labute approximate surface area is 203 Å². The zero-order valence-corrected chi connectivity index (χ0v) is 19.9. The second-order valence-electron chi connectivity index (χ2n) is 8.59. The minimum atomic E-state index is -0.973. The molecule has 0 saturated heterocycles. The van der Waals surface area contributed by atoms with Gasteiger partial charge in [0.1, 0.15) is 5.75 Å². The number of ether oxygens (including phenoxy) is 2. The van der Waals surface area contributed by atoms with Gasteiger partial charge in [0.25, 0.3) is 0 Å². The third kappa shape index (κ3) is 5.73. The van der Waals surface area contributed by atoms with Crippen LogP contribution in [0, 0.1) is 0 Å². The minimum Gasteiger partial charge on any atom is -0.482 e. The van der Waals surface area contributed by atoms with Crippen molar-refractivity contribution in [2.75, 3.05) is 13.2 Å². The van der Waals surface area contributed by atoms with Crippen LogP contribution >= 0.6 is 0 Å². The van der Waals surface area contributed by atoms with Gasteiger partial charge in [-0.05, 0) is 44.5 Å². The summed E-state index contributed by atoms with van der Waals surface area (Å²) < 4.78 is 12.2. The monoisotopic (exact) mass is 473 g/mol. The van der Waals surface area contributed by atoms with E-state index in [-0.39, 0.29) is 18.8 Å². The van der Waals surface area contributed by atoms with Crippen LogP contribution in [0.5, 0.6) is 5.75 Å². The third-order valence-electron chi connectivity index (χ3n) is 5.46. The van der Waals surface area contributed by atoms with Gasteiger partial charge in [-0.1, -0.05) is 36.4 Å². The van der Waals surface area contributed by atoms with E-state index >= 15 is 0 Å². The zero-order valence-electron chi connectivity index (χ0n) is 19.9. The molecule has 0 atom stereocenters. The molecule has 0 aliphatic heterocycles. The molecule has 1 N–H and O–H groups in total. The molecule has 0 aliphatic rings. The Morgan fingerprint density at radius 1 is 1.06 bits per heavy atom. The summed E-state index contributed by atoms with van der Waals surface area (Å²) in [5.74, 6) is -0.00834. The van der Waals surface area contributed by atoms with Crippen molar-refractivity contribution in [2.24, 2.45) is 0 Å². The average Bonchev–Trinajstić information content (AvgIpc) is 3.31. The van der Waals surface area contributed by atoms with E-state index in [0.29, 0.717) is 29.3 Å². The fraction of sp³-hybridized carbons (Fsp3) is 0.259. The van der Waals surface area contributed by atoms with Crippen LogP contribution in [-0.2, 0) is 21.6 Å². The van der Waals surface area contributed by atoms with Gasteiger partial charge in [0.05, 0.1) is 36.2 Å². The highest BCUT2D eigenvalue weighted by molar-refractivity contribution is 5.97. The fourth-order valence-electron chi connectivity index (χ4n) is 3.68. The van der Waals surface area contributed by atoms with Crippen molar-refractivity contribution in [3.8, 4) is 17.0 Å². The first-order chi connectivity index (χ1) is 16.7. The molecule has 0 fully saturated rings. The summed E-state index contributed by atoms with van der Waals surface area (Å²) in [4.78, 5) is 29.2. The smallest absolute Gasteiger partial charge is 0.344 e. The summed E-state index contributed by atoms with van der Waals surface area (Å²) in [5, 5.41) is 14.5. The fourth-order valence-corrected chi connectivity index (χ4v) is 3.68. The number of nitrogens with zero attached hydrogens (tertiary/aromatic N) is 3. The topological polar surface area (TPSA) is 103 Å². The molecule has 8 nitrogen and oxygen atoms in total. The summed E-state index contributed by atoms with van der Waals surface area (Å²) >= 11 is 0. The number of carbonyl (C=O) groups excluding carboxylic acids is 2. The van der Waals surface area contributed by atoms with Crippen molar-refractivity contribution < 1.29 is 24.2 Å². The highest BCUT2D eigenvalue weighted by Gasteiger charge is 2.17. The van der Waals surface area contributed by atoms with E-state index in [4.69, 9.17) is 9.47 Å². The highest BCUT2D eigenvalue weighted by atomic mass is 16.6. The highest BCUT2D eigenvalue weighted by Crippen LogP contribution is 2.26. The predicted molar refractivity (Wildman–Crippen MR) is 130 cm³/mol. The number of benzene rings is 2. The third-order valence-corrected chi connectivity index (χ3v) is 5.46. The largest absolute Gasteiger partial charge is 0.482 e. The van der Waals surface area contributed by atoms with Gasteiger partial charge in [0.2, 0.25) is 0 Å². The number of Topliss-reactive ketones (excluding diaryl/α,β-unsaturated/α-hetero) is 1. The van der Waals surface area contributed by atoms with Crippen molar-refractivity contribution in [2.45, 2.75) is 32.8 Å². The Morgan fingerprint density at radius 3 is 2.54 bits per heavy atom. The molecule has 2 aromatic heterocycles. The molecule has 0 saturated carbocycles. The maximum atomic E-state index is 13.0. The molecular formula is C27H27N3O5. The molecule has 8 heteroatoms. The lowest BCUT2D eigenvalue weighted by Gasteiger charge is -2.17. The summed E-state index contributed by atoms with van der Waals surface area (Å²) in [6.07, 6.45) is 1.75. The predicted octanol–water partition coefficient (Wildman–Crippen LogP) is 3.99. The van der Waals surface area contributed by atoms with Crippen molar-refractivity contribution in [3.05, 3.63) is 83.7 Å². The minimum absolute atomic E-state index is 0.0823. The van der Waals surface area contributed by atoms with E-state index in [2.05, 4.69) is 10.1 Å². The Hall–Kier alpha value is -4.04. The van der Waals surface area contributed by atoms with Gasteiger partial charge in [-0.15, -0.1) is 0 Å². The number of hydrogen-bond acceptors (Lipinski definition) is 7. The maximum Gasteiger partial charge on any atom is 0.344 e. The van der Waals surface area contributed by atoms with Gasteiger partial charge >= 0.3 is 5.97 Å². The van der Waals surface area contributed by atoms with E-state index < -0.39 is 11.6 Å². The van der Waals surface area contributed by atoms with Crippen LogP contribution < -0.4 is 4.74 Å². The molecule has 2 heterocycles. The second kappa shape index (κ2) is 10.1. The first-order valence-corrected chi connectivity index (χ1v) is 11.3. The normalized spacial score (nSPS) is 11.4. The van der Waals surface area contributed by atoms with Gasteiger partial charge in [-0.3, -0.25) is 4.79 Å². The number of aliphatic hydroxyl groups is 1. The summed E-state index contributed by atoms with van der Waals surface area (Å²) in [7, 11) is 0. The van der Waals surface area contributed by atoms with Crippen LogP contribution in [0.15, 0.2) is 66.9 Å². The molecule has 0 spiro atoms. The van der Waals surface area contributed by atoms with Crippen molar-refractivity contribution in [1.29, 1.82) is 0 Å². The van der Waals surface area contributed by atoms with Crippen LogP contribution in [0.2, 0.25) is 0 Å². The van der Waals surface area contributed by atoms with Gasteiger partial charge in [-0.25, -0.2) is 14.3 Å². The molecule has 0 bridgehead atoms. The number of fused-ring (bicyclic) bond motifs is 1. The molecule has 0 amide bonds. The number of carbonyl (C=O) groups is 2. The molecule has 4 rings (SSSR count). The van der Waals surface area contributed by atoms with E-state index in [0.717, 1.165) is 16.8 Å². The number of esters is 1. The molecule has 35 heavy (non-hydrogen) atoms. The lowest BCUT2D eigenvalue weighted by Crippen LogP contribution is -2.15. The first-order valence-electron chi connectivity index (χ1n) is 11.3. The van der Waals surface area contributed by atoms with Crippen molar-refractivity contribution in [3.63, 3.8) is 0 Å². The molecule has 0 radical (unpaired) electrons. The lowest BCUT2D eigenvalue weighted by atomic mass is 9.96. The Balaban J connectivity index is 1.59. The zero-order chi connectivity index (χ0) is 25.0. The number of rotatable bonds is 9. The molecule has 0 aliphatic carbocycles. The molecular weight excluding hydrogens is 446 g/mol. The number of ketones is 1. The Morgan fingerprint density at radius 2 is 1.83 bits per heavy atom.